The summed E-state index contributed by atoms with van der Waals surface area (Å²) in [5, 5.41) is 9.34. The number of carbonyl (C=O) groups is 1. The lowest BCUT2D eigenvalue weighted by molar-refractivity contribution is -0.141. The molecule has 22 heavy (non-hydrogen) atoms. The molecule has 1 aliphatic carbocycles. The molecule has 1 aromatic carbocycles. The van der Waals surface area contributed by atoms with E-state index in [0.717, 1.165) is 28.6 Å². The van der Waals surface area contributed by atoms with Crippen LogP contribution in [0.4, 0.5) is 0 Å². The van der Waals surface area contributed by atoms with Crippen LogP contribution >= 0.6 is 15.9 Å². The van der Waals surface area contributed by atoms with Gasteiger partial charge in [-0.05, 0) is 37.0 Å². The molecule has 1 N–H and O–H groups in total. The van der Waals surface area contributed by atoms with Gasteiger partial charge < -0.3 is 5.11 Å². The molecule has 0 saturated heterocycles. The summed E-state index contributed by atoms with van der Waals surface area (Å²) in [5.41, 5.74) is 1.49. The fourth-order valence-corrected chi connectivity index (χ4v) is 2.97. The smallest absolute Gasteiger partial charge is 0.329 e. The Labute approximate surface area is 136 Å². The van der Waals surface area contributed by atoms with E-state index >= 15 is 0 Å². The number of aromatic nitrogens is 2. The number of aliphatic carboxylic acids is 1. The minimum Gasteiger partial charge on any atom is -0.480 e. The van der Waals surface area contributed by atoms with Crippen molar-refractivity contribution < 1.29 is 9.90 Å². The molecule has 0 spiro atoms. The molecular weight excluding hydrogens is 348 g/mol. The fraction of sp³-hybridized carbons (Fsp3) is 0.375. The summed E-state index contributed by atoms with van der Waals surface area (Å²) in [6.45, 7) is 1.78. The number of rotatable bonds is 5. The van der Waals surface area contributed by atoms with Gasteiger partial charge in [0.05, 0.1) is 5.69 Å². The van der Waals surface area contributed by atoms with E-state index in [4.69, 9.17) is 0 Å². The molecule has 0 radical (unpaired) electrons. The zero-order valence-corrected chi connectivity index (χ0v) is 13.8. The van der Waals surface area contributed by atoms with Crippen molar-refractivity contribution >= 4 is 21.9 Å². The Hall–Kier alpha value is -1.82. The Morgan fingerprint density at radius 3 is 2.50 bits per heavy atom. The lowest BCUT2D eigenvalue weighted by Gasteiger charge is -2.09. The van der Waals surface area contributed by atoms with Gasteiger partial charge in [0.1, 0.15) is 6.04 Å². The third-order valence-electron chi connectivity index (χ3n) is 4.01. The Bertz CT molecular complexity index is 757. The van der Waals surface area contributed by atoms with Gasteiger partial charge in [-0.25, -0.2) is 9.59 Å². The van der Waals surface area contributed by atoms with Gasteiger partial charge in [-0.15, -0.1) is 0 Å². The van der Waals surface area contributed by atoms with Gasteiger partial charge in [0.2, 0.25) is 0 Å². The van der Waals surface area contributed by atoms with E-state index in [1.165, 1.54) is 4.57 Å². The first-order chi connectivity index (χ1) is 10.5. The van der Waals surface area contributed by atoms with Crippen molar-refractivity contribution in [2.24, 2.45) is 0 Å². The number of imidazole rings is 1. The number of carboxylic acids is 1. The van der Waals surface area contributed by atoms with E-state index in [2.05, 4.69) is 15.9 Å². The largest absolute Gasteiger partial charge is 0.480 e. The van der Waals surface area contributed by atoms with Crippen LogP contribution in [0.2, 0.25) is 0 Å². The first-order valence-electron chi connectivity index (χ1n) is 7.35. The predicted molar refractivity (Wildman–Crippen MR) is 87.1 cm³/mol. The fourth-order valence-electron chi connectivity index (χ4n) is 2.71. The van der Waals surface area contributed by atoms with Crippen molar-refractivity contribution in [1.29, 1.82) is 0 Å². The summed E-state index contributed by atoms with van der Waals surface area (Å²) in [7, 11) is 0. The van der Waals surface area contributed by atoms with Gasteiger partial charge in [-0.1, -0.05) is 35.0 Å². The molecule has 2 aromatic rings. The minimum absolute atomic E-state index is 0.193. The van der Waals surface area contributed by atoms with E-state index < -0.39 is 12.0 Å². The summed E-state index contributed by atoms with van der Waals surface area (Å²) >= 11 is 3.40. The quantitative estimate of drug-likeness (QED) is 0.883. The zero-order chi connectivity index (χ0) is 15.9. The van der Waals surface area contributed by atoms with Gasteiger partial charge in [0.15, 0.2) is 0 Å². The molecule has 1 atom stereocenters. The number of halogens is 1. The van der Waals surface area contributed by atoms with Gasteiger partial charge in [0.25, 0.3) is 0 Å². The second kappa shape index (κ2) is 5.76. The van der Waals surface area contributed by atoms with E-state index in [9.17, 15) is 14.7 Å². The first kappa shape index (κ1) is 15.1. The molecule has 0 aliphatic heterocycles. The molecular formula is C16H17BrN2O3. The van der Waals surface area contributed by atoms with Crippen molar-refractivity contribution in [2.75, 3.05) is 0 Å². The van der Waals surface area contributed by atoms with Gasteiger partial charge in [-0.2, -0.15) is 0 Å². The third kappa shape index (κ3) is 2.63. The van der Waals surface area contributed by atoms with Crippen LogP contribution in [-0.4, -0.2) is 20.2 Å². The number of benzene rings is 1. The molecule has 1 heterocycles. The highest BCUT2D eigenvalue weighted by molar-refractivity contribution is 9.10. The SMILES string of the molecule is CCC(C(=O)O)n1cc(-c2ccc(Br)cc2)n(C2CC2)c1=O. The van der Waals surface area contributed by atoms with Gasteiger partial charge in [-0.3, -0.25) is 9.13 Å². The molecule has 1 aliphatic rings. The summed E-state index contributed by atoms with van der Waals surface area (Å²) in [6, 6.07) is 7.08. The number of hydrogen-bond donors (Lipinski definition) is 1. The summed E-state index contributed by atoms with van der Waals surface area (Å²) in [5.74, 6) is -0.972. The summed E-state index contributed by atoms with van der Waals surface area (Å²) < 4.78 is 4.07. The summed E-state index contributed by atoms with van der Waals surface area (Å²) in [6.07, 6.45) is 4.00. The van der Waals surface area contributed by atoms with Crippen LogP contribution in [0.5, 0.6) is 0 Å². The number of carboxylic acid groups (broad SMARTS) is 1. The Kier molecular flexibility index (Phi) is 3.95. The molecule has 116 valence electrons. The van der Waals surface area contributed by atoms with E-state index in [-0.39, 0.29) is 11.7 Å². The Balaban J connectivity index is 2.15. The highest BCUT2D eigenvalue weighted by Crippen LogP contribution is 2.37. The van der Waals surface area contributed by atoms with Gasteiger partial charge in [0, 0.05) is 16.7 Å². The normalized spacial score (nSPS) is 15.7. The molecule has 0 amide bonds. The highest BCUT2D eigenvalue weighted by Gasteiger charge is 2.31. The minimum atomic E-state index is -0.972. The molecule has 6 heteroatoms. The average Bonchev–Trinajstić information content (AvgIpc) is 3.26. The third-order valence-corrected chi connectivity index (χ3v) is 4.54. The molecule has 1 aromatic heterocycles. The Morgan fingerprint density at radius 1 is 1.36 bits per heavy atom. The van der Waals surface area contributed by atoms with Crippen LogP contribution in [0.1, 0.15) is 38.3 Å². The van der Waals surface area contributed by atoms with Crippen LogP contribution in [-0.2, 0) is 4.79 Å². The standard InChI is InChI=1S/C16H17BrN2O3/c1-2-13(15(20)21)18-9-14(10-3-5-11(17)6-4-10)19(16(18)22)12-7-8-12/h3-6,9,12-13H,2,7-8H2,1H3,(H,20,21). The molecule has 1 fully saturated rings. The first-order valence-corrected chi connectivity index (χ1v) is 8.14. The van der Waals surface area contributed by atoms with Crippen molar-refractivity contribution in [3.8, 4) is 11.3 Å². The second-order valence-corrected chi connectivity index (χ2v) is 6.49. The van der Waals surface area contributed by atoms with Gasteiger partial charge >= 0.3 is 11.7 Å². The van der Waals surface area contributed by atoms with Crippen LogP contribution in [0.25, 0.3) is 11.3 Å². The second-order valence-electron chi connectivity index (χ2n) is 5.57. The monoisotopic (exact) mass is 364 g/mol. The van der Waals surface area contributed by atoms with Crippen molar-refractivity contribution in [3.63, 3.8) is 0 Å². The molecule has 3 rings (SSSR count). The van der Waals surface area contributed by atoms with Crippen molar-refractivity contribution in [1.82, 2.24) is 9.13 Å². The topological polar surface area (TPSA) is 64.2 Å². The molecule has 1 saturated carbocycles. The van der Waals surface area contributed by atoms with Crippen LogP contribution in [0.15, 0.2) is 39.7 Å². The van der Waals surface area contributed by atoms with E-state index in [0.29, 0.717) is 6.42 Å². The van der Waals surface area contributed by atoms with Crippen LogP contribution < -0.4 is 5.69 Å². The van der Waals surface area contributed by atoms with Crippen molar-refractivity contribution in [2.45, 2.75) is 38.3 Å². The van der Waals surface area contributed by atoms with Crippen LogP contribution in [0.3, 0.4) is 0 Å². The molecule has 5 nitrogen and oxygen atoms in total. The van der Waals surface area contributed by atoms with Crippen LogP contribution in [0, 0.1) is 0 Å². The van der Waals surface area contributed by atoms with E-state index in [1.807, 2.05) is 24.3 Å². The number of hydrogen-bond acceptors (Lipinski definition) is 2. The maximum absolute atomic E-state index is 12.7. The highest BCUT2D eigenvalue weighted by atomic mass is 79.9. The lowest BCUT2D eigenvalue weighted by Crippen LogP contribution is -2.30. The summed E-state index contributed by atoms with van der Waals surface area (Å²) in [4.78, 5) is 24.1. The maximum atomic E-state index is 12.7. The zero-order valence-electron chi connectivity index (χ0n) is 12.2. The predicted octanol–water partition coefficient (Wildman–Crippen LogP) is 3.45. The van der Waals surface area contributed by atoms with Crippen molar-refractivity contribution in [3.05, 3.63) is 45.4 Å². The molecule has 0 bridgehead atoms. The Morgan fingerprint density at radius 2 is 2.00 bits per heavy atom. The maximum Gasteiger partial charge on any atom is 0.329 e. The van der Waals surface area contributed by atoms with E-state index in [1.54, 1.807) is 17.7 Å². The average molecular weight is 365 g/mol. The molecule has 1 unspecified atom stereocenters. The number of nitrogens with zero attached hydrogens (tertiary/aromatic N) is 2. The lowest BCUT2D eigenvalue weighted by atomic mass is 10.1.